The van der Waals surface area contributed by atoms with Gasteiger partial charge in [0, 0.05) is 24.3 Å². The zero-order valence-electron chi connectivity index (χ0n) is 16.4. The molecule has 0 atom stereocenters. The predicted molar refractivity (Wildman–Crippen MR) is 115 cm³/mol. The first-order valence-electron chi connectivity index (χ1n) is 9.52. The van der Waals surface area contributed by atoms with E-state index in [2.05, 4.69) is 15.5 Å². The number of amides is 1. The number of sulfonamides is 1. The molecule has 0 aliphatic carbocycles. The molecule has 1 aliphatic rings. The third kappa shape index (κ3) is 5.31. The van der Waals surface area contributed by atoms with Crippen LogP contribution in [0.4, 0.5) is 5.69 Å². The molecule has 1 N–H and O–H groups in total. The second kappa shape index (κ2) is 9.60. The van der Waals surface area contributed by atoms with Gasteiger partial charge in [0.2, 0.25) is 21.8 Å². The summed E-state index contributed by atoms with van der Waals surface area (Å²) in [6.07, 6.45) is 0. The van der Waals surface area contributed by atoms with E-state index in [9.17, 15) is 13.2 Å². The Kier molecular flexibility index (Phi) is 6.66. The van der Waals surface area contributed by atoms with E-state index in [-0.39, 0.29) is 27.7 Å². The largest absolute Gasteiger partial charge is 0.411 e. The standard InChI is InChI=1S/C20H20N4O5S2/c25-18(21-16-6-2-1-3-7-16)14-30-20-23-22-19(29-20)15-5-4-8-17(13-15)31(26,27)24-9-11-28-12-10-24/h1-8,13H,9-12,14H2,(H,21,25). The van der Waals surface area contributed by atoms with E-state index < -0.39 is 10.0 Å². The summed E-state index contributed by atoms with van der Waals surface area (Å²) in [5.74, 6) is 0.0849. The monoisotopic (exact) mass is 460 g/mol. The molecule has 3 aromatic rings. The number of carbonyl (C=O) groups excluding carboxylic acids is 1. The van der Waals surface area contributed by atoms with E-state index in [1.807, 2.05) is 18.2 Å². The zero-order valence-corrected chi connectivity index (χ0v) is 18.1. The number of carbonyl (C=O) groups is 1. The summed E-state index contributed by atoms with van der Waals surface area (Å²) in [5.41, 5.74) is 1.19. The molecule has 2 aromatic carbocycles. The number of hydrogen-bond donors (Lipinski definition) is 1. The third-order valence-corrected chi connectivity index (χ3v) is 7.19. The highest BCUT2D eigenvalue weighted by Gasteiger charge is 2.27. The van der Waals surface area contributed by atoms with E-state index in [0.717, 1.165) is 11.8 Å². The minimum atomic E-state index is -3.63. The van der Waals surface area contributed by atoms with Crippen LogP contribution in [0.1, 0.15) is 0 Å². The number of rotatable bonds is 7. The van der Waals surface area contributed by atoms with Gasteiger partial charge in [-0.25, -0.2) is 8.42 Å². The Bertz CT molecular complexity index is 1150. The zero-order chi connectivity index (χ0) is 21.7. The maximum Gasteiger partial charge on any atom is 0.277 e. The van der Waals surface area contributed by atoms with Gasteiger partial charge in [-0.05, 0) is 30.3 Å². The van der Waals surface area contributed by atoms with Crippen molar-refractivity contribution in [1.29, 1.82) is 0 Å². The van der Waals surface area contributed by atoms with Crippen LogP contribution in [-0.4, -0.2) is 60.9 Å². The fraction of sp³-hybridized carbons (Fsp3) is 0.250. The van der Waals surface area contributed by atoms with Gasteiger partial charge in [0.05, 0.1) is 23.9 Å². The number of benzene rings is 2. The van der Waals surface area contributed by atoms with Gasteiger partial charge in [0.1, 0.15) is 0 Å². The number of nitrogens with one attached hydrogen (secondary N) is 1. The lowest BCUT2D eigenvalue weighted by Gasteiger charge is -2.26. The first-order valence-corrected chi connectivity index (χ1v) is 11.9. The van der Waals surface area contributed by atoms with Crippen LogP contribution in [-0.2, 0) is 19.6 Å². The molecule has 0 saturated carbocycles. The first-order chi connectivity index (χ1) is 15.0. The number of thioether (sulfide) groups is 1. The van der Waals surface area contributed by atoms with Gasteiger partial charge in [-0.15, -0.1) is 10.2 Å². The lowest BCUT2D eigenvalue weighted by Crippen LogP contribution is -2.40. The Hall–Kier alpha value is -2.73. The number of morpholine rings is 1. The predicted octanol–water partition coefficient (Wildman–Crippen LogP) is 2.49. The van der Waals surface area contributed by atoms with E-state index in [0.29, 0.717) is 37.6 Å². The van der Waals surface area contributed by atoms with E-state index in [4.69, 9.17) is 9.15 Å². The fourth-order valence-corrected chi connectivity index (χ4v) is 4.97. The molecule has 2 heterocycles. The van der Waals surface area contributed by atoms with Gasteiger partial charge in [0.25, 0.3) is 5.22 Å². The molecule has 31 heavy (non-hydrogen) atoms. The molecule has 0 spiro atoms. The van der Waals surface area contributed by atoms with Crippen molar-refractivity contribution in [3.05, 3.63) is 54.6 Å². The highest BCUT2D eigenvalue weighted by molar-refractivity contribution is 7.99. The molecule has 0 unspecified atom stereocenters. The van der Waals surface area contributed by atoms with Crippen LogP contribution in [0.2, 0.25) is 0 Å². The van der Waals surface area contributed by atoms with E-state index in [1.54, 1.807) is 24.3 Å². The molecule has 1 amide bonds. The number of hydrogen-bond acceptors (Lipinski definition) is 8. The minimum Gasteiger partial charge on any atom is -0.411 e. The van der Waals surface area contributed by atoms with Gasteiger partial charge in [-0.1, -0.05) is 36.0 Å². The fourth-order valence-electron chi connectivity index (χ4n) is 2.96. The van der Waals surface area contributed by atoms with E-state index >= 15 is 0 Å². The van der Waals surface area contributed by atoms with Crippen molar-refractivity contribution in [2.75, 3.05) is 37.4 Å². The van der Waals surface area contributed by atoms with Crippen molar-refractivity contribution < 1.29 is 22.4 Å². The van der Waals surface area contributed by atoms with Crippen molar-refractivity contribution in [2.24, 2.45) is 0 Å². The SMILES string of the molecule is O=C(CSc1nnc(-c2cccc(S(=O)(=O)N3CCOCC3)c2)o1)Nc1ccccc1. The molecular weight excluding hydrogens is 440 g/mol. The summed E-state index contributed by atoms with van der Waals surface area (Å²) in [5, 5.41) is 10.9. The number of anilines is 1. The summed E-state index contributed by atoms with van der Waals surface area (Å²) < 4.78 is 38.0. The van der Waals surface area contributed by atoms with Crippen LogP contribution in [0.25, 0.3) is 11.5 Å². The van der Waals surface area contributed by atoms with Crippen molar-refractivity contribution in [1.82, 2.24) is 14.5 Å². The Labute approximate surface area is 183 Å². The second-order valence-electron chi connectivity index (χ2n) is 6.62. The van der Waals surface area contributed by atoms with Crippen LogP contribution < -0.4 is 5.32 Å². The highest BCUT2D eigenvalue weighted by atomic mass is 32.2. The van der Waals surface area contributed by atoms with Crippen LogP contribution in [0.5, 0.6) is 0 Å². The maximum atomic E-state index is 12.9. The number of nitrogens with zero attached hydrogens (tertiary/aromatic N) is 3. The highest BCUT2D eigenvalue weighted by Crippen LogP contribution is 2.26. The minimum absolute atomic E-state index is 0.0992. The Morgan fingerprint density at radius 3 is 2.61 bits per heavy atom. The molecular formula is C20H20N4O5S2. The smallest absolute Gasteiger partial charge is 0.277 e. The van der Waals surface area contributed by atoms with Gasteiger partial charge in [-0.2, -0.15) is 4.31 Å². The molecule has 1 fully saturated rings. The van der Waals surface area contributed by atoms with Gasteiger partial charge in [-0.3, -0.25) is 4.79 Å². The number of ether oxygens (including phenoxy) is 1. The summed E-state index contributed by atoms with van der Waals surface area (Å²) in [7, 11) is -3.63. The summed E-state index contributed by atoms with van der Waals surface area (Å²) in [4.78, 5) is 12.2. The van der Waals surface area contributed by atoms with Crippen LogP contribution in [0, 0.1) is 0 Å². The third-order valence-electron chi connectivity index (χ3n) is 4.48. The first kappa shape index (κ1) is 21.5. The normalized spacial score (nSPS) is 15.0. The number of para-hydroxylation sites is 1. The van der Waals surface area contributed by atoms with E-state index in [1.165, 1.54) is 16.4 Å². The van der Waals surface area contributed by atoms with Gasteiger partial charge < -0.3 is 14.5 Å². The Balaban J connectivity index is 1.42. The number of aromatic nitrogens is 2. The lowest BCUT2D eigenvalue weighted by atomic mass is 10.2. The average Bonchev–Trinajstić information content (AvgIpc) is 3.28. The molecule has 0 bridgehead atoms. The lowest BCUT2D eigenvalue weighted by molar-refractivity contribution is -0.113. The quantitative estimate of drug-likeness (QED) is 0.535. The maximum absolute atomic E-state index is 12.9. The molecule has 162 valence electrons. The van der Waals surface area contributed by atoms with Crippen LogP contribution >= 0.6 is 11.8 Å². The topological polar surface area (TPSA) is 115 Å². The van der Waals surface area contributed by atoms with Crippen LogP contribution in [0.15, 0.2) is 69.1 Å². The summed E-state index contributed by atoms with van der Waals surface area (Å²) in [6, 6.07) is 15.5. The Morgan fingerprint density at radius 1 is 1.06 bits per heavy atom. The molecule has 0 radical (unpaired) electrons. The van der Waals surface area contributed by atoms with Gasteiger partial charge in [0.15, 0.2) is 0 Å². The summed E-state index contributed by atoms with van der Waals surface area (Å²) >= 11 is 1.10. The second-order valence-corrected chi connectivity index (χ2v) is 9.48. The molecule has 1 aliphatic heterocycles. The van der Waals surface area contributed by atoms with Gasteiger partial charge >= 0.3 is 0 Å². The molecule has 1 aromatic heterocycles. The van der Waals surface area contributed by atoms with Crippen molar-refractivity contribution >= 4 is 33.4 Å². The average molecular weight is 461 g/mol. The molecule has 1 saturated heterocycles. The Morgan fingerprint density at radius 2 is 1.84 bits per heavy atom. The van der Waals surface area contributed by atoms with Crippen molar-refractivity contribution in [3.63, 3.8) is 0 Å². The van der Waals surface area contributed by atoms with Crippen LogP contribution in [0.3, 0.4) is 0 Å². The molecule has 11 heteroatoms. The summed E-state index contributed by atoms with van der Waals surface area (Å²) in [6.45, 7) is 1.39. The van der Waals surface area contributed by atoms with Crippen molar-refractivity contribution in [3.8, 4) is 11.5 Å². The molecule has 4 rings (SSSR count). The molecule has 9 nitrogen and oxygen atoms in total. The van der Waals surface area contributed by atoms with Crippen molar-refractivity contribution in [2.45, 2.75) is 10.1 Å².